The van der Waals surface area contributed by atoms with Gasteiger partial charge in [0.25, 0.3) is 0 Å². The molecule has 3 N–H and O–H groups in total. The van der Waals surface area contributed by atoms with E-state index in [1.807, 2.05) is 19.1 Å². The molecule has 2 aliphatic heterocycles. The maximum Gasteiger partial charge on any atom is 0.416 e. The Morgan fingerprint density at radius 2 is 1.74 bits per heavy atom. The molecule has 0 radical (unpaired) electrons. The predicted molar refractivity (Wildman–Crippen MR) is 93.4 cm³/mol. The number of nitrogens with two attached hydrogens (primary N) is 1. The second-order valence-corrected chi connectivity index (χ2v) is 6.88. The average molecular weight is 380 g/mol. The molecule has 0 saturated carbocycles. The zero-order valence-corrected chi connectivity index (χ0v) is 14.5. The summed E-state index contributed by atoms with van der Waals surface area (Å²) in [7, 11) is 0. The summed E-state index contributed by atoms with van der Waals surface area (Å²) < 4.78 is 50.7. The number of rotatable bonds is 1. The molecule has 1 fully saturated rings. The van der Waals surface area contributed by atoms with E-state index < -0.39 is 29.9 Å². The lowest BCUT2D eigenvalue weighted by Gasteiger charge is -2.44. The van der Waals surface area contributed by atoms with Crippen molar-refractivity contribution in [3.05, 3.63) is 47.5 Å². The van der Waals surface area contributed by atoms with Crippen LogP contribution in [0.25, 0.3) is 0 Å². The maximum atomic E-state index is 13.1. The normalized spacial score (nSPS) is 24.8. The number of hydrogen-bond acceptors (Lipinski definition) is 5. The van der Waals surface area contributed by atoms with Crippen LogP contribution in [0.5, 0.6) is 11.5 Å². The SMILES string of the molecule is Cc1ccc2c(c1)Oc1cc(C(F)(F)F)ccc1N2[C@H]1COC[C@@H](N)[C@@H]1O. The molecule has 4 rings (SSSR count). The fourth-order valence-corrected chi connectivity index (χ4v) is 3.51. The Kier molecular flexibility index (Phi) is 4.29. The lowest BCUT2D eigenvalue weighted by Crippen LogP contribution is -2.58. The summed E-state index contributed by atoms with van der Waals surface area (Å²) in [6.45, 7) is 2.29. The molecule has 3 atom stereocenters. The van der Waals surface area contributed by atoms with Crippen molar-refractivity contribution < 1.29 is 27.8 Å². The summed E-state index contributed by atoms with van der Waals surface area (Å²) in [6, 6.07) is 7.65. The minimum Gasteiger partial charge on any atom is -0.453 e. The number of aryl methyl sites for hydroxylation is 1. The summed E-state index contributed by atoms with van der Waals surface area (Å²) in [5.41, 5.74) is 7.13. The lowest BCUT2D eigenvalue weighted by atomic mass is 9.97. The monoisotopic (exact) mass is 380 g/mol. The number of nitrogens with zero attached hydrogens (tertiary/aromatic N) is 1. The van der Waals surface area contributed by atoms with Gasteiger partial charge < -0.3 is 25.2 Å². The molecule has 0 unspecified atom stereocenters. The van der Waals surface area contributed by atoms with E-state index in [4.69, 9.17) is 15.2 Å². The molecule has 27 heavy (non-hydrogen) atoms. The third kappa shape index (κ3) is 3.13. The Balaban J connectivity index is 1.85. The first-order valence-electron chi connectivity index (χ1n) is 8.56. The smallest absolute Gasteiger partial charge is 0.416 e. The van der Waals surface area contributed by atoms with Crippen LogP contribution < -0.4 is 15.4 Å². The van der Waals surface area contributed by atoms with E-state index in [0.29, 0.717) is 17.1 Å². The van der Waals surface area contributed by atoms with Gasteiger partial charge in [-0.05, 0) is 42.8 Å². The van der Waals surface area contributed by atoms with Crippen LogP contribution in [0, 0.1) is 6.92 Å². The van der Waals surface area contributed by atoms with Crippen LogP contribution in [0.15, 0.2) is 36.4 Å². The fraction of sp³-hybridized carbons (Fsp3) is 0.368. The highest BCUT2D eigenvalue weighted by Gasteiger charge is 2.40. The first-order chi connectivity index (χ1) is 12.8. The fourth-order valence-electron chi connectivity index (χ4n) is 3.51. The number of aliphatic hydroxyl groups is 1. The van der Waals surface area contributed by atoms with Crippen molar-refractivity contribution in [1.29, 1.82) is 0 Å². The molecule has 0 bridgehead atoms. The molecule has 5 nitrogen and oxygen atoms in total. The van der Waals surface area contributed by atoms with Crippen LogP contribution in [0.4, 0.5) is 24.5 Å². The molecule has 8 heteroatoms. The number of alkyl halides is 3. The molecule has 2 aliphatic rings. The number of anilines is 2. The number of fused-ring (bicyclic) bond motifs is 2. The number of halogens is 3. The summed E-state index contributed by atoms with van der Waals surface area (Å²) in [5, 5.41) is 10.6. The Hall–Kier alpha value is -2.29. The summed E-state index contributed by atoms with van der Waals surface area (Å²) in [4.78, 5) is 1.76. The van der Waals surface area contributed by atoms with Crippen LogP contribution in [-0.4, -0.2) is 36.5 Å². The van der Waals surface area contributed by atoms with Crippen molar-refractivity contribution in [1.82, 2.24) is 0 Å². The topological polar surface area (TPSA) is 68.0 Å². The molecule has 0 spiro atoms. The molecule has 2 aromatic rings. The Morgan fingerprint density at radius 3 is 2.44 bits per heavy atom. The van der Waals surface area contributed by atoms with E-state index in [0.717, 1.165) is 17.7 Å². The quantitative estimate of drug-likeness (QED) is 0.794. The highest BCUT2D eigenvalue weighted by atomic mass is 19.4. The minimum atomic E-state index is -4.48. The molecular weight excluding hydrogens is 361 g/mol. The van der Waals surface area contributed by atoms with Gasteiger partial charge in [0, 0.05) is 0 Å². The van der Waals surface area contributed by atoms with Crippen LogP contribution in [0.2, 0.25) is 0 Å². The second-order valence-electron chi connectivity index (χ2n) is 6.88. The summed E-state index contributed by atoms with van der Waals surface area (Å²) >= 11 is 0. The molecular formula is C19H19F3N2O3. The van der Waals surface area contributed by atoms with E-state index >= 15 is 0 Å². The van der Waals surface area contributed by atoms with E-state index in [2.05, 4.69) is 0 Å². The number of aliphatic hydroxyl groups excluding tert-OH is 1. The van der Waals surface area contributed by atoms with Gasteiger partial charge in [0.15, 0.2) is 11.5 Å². The second kappa shape index (κ2) is 6.40. The van der Waals surface area contributed by atoms with Crippen molar-refractivity contribution in [2.24, 2.45) is 5.73 Å². The maximum absolute atomic E-state index is 13.1. The van der Waals surface area contributed by atoms with Gasteiger partial charge in [-0.3, -0.25) is 0 Å². The first-order valence-corrected chi connectivity index (χ1v) is 8.56. The van der Waals surface area contributed by atoms with Crippen molar-refractivity contribution in [2.45, 2.75) is 31.3 Å². The van der Waals surface area contributed by atoms with Crippen LogP contribution in [0.3, 0.4) is 0 Å². The van der Waals surface area contributed by atoms with Gasteiger partial charge >= 0.3 is 6.18 Å². The standard InChI is InChI=1S/C19H19F3N2O3/c1-10-2-4-13-16(6-10)27-17-7-11(19(20,21)22)3-5-14(17)24(13)15-9-26-8-12(23)18(15)25/h2-7,12,15,18,25H,8-9,23H2,1H3/t12-,15+,18+/m1/s1. The minimum absolute atomic E-state index is 0.0780. The Labute approximate surface area is 154 Å². The van der Waals surface area contributed by atoms with Gasteiger partial charge in [0.2, 0.25) is 0 Å². The van der Waals surface area contributed by atoms with Crippen LogP contribution in [0.1, 0.15) is 11.1 Å². The third-order valence-corrected chi connectivity index (χ3v) is 4.90. The van der Waals surface area contributed by atoms with Crippen molar-refractivity contribution in [3.8, 4) is 11.5 Å². The number of benzene rings is 2. The molecule has 2 heterocycles. The largest absolute Gasteiger partial charge is 0.453 e. The highest BCUT2D eigenvalue weighted by Crippen LogP contribution is 2.50. The molecule has 1 saturated heterocycles. The average Bonchev–Trinajstić information content (AvgIpc) is 2.61. The Morgan fingerprint density at radius 1 is 1.07 bits per heavy atom. The first kappa shape index (κ1) is 18.1. The lowest BCUT2D eigenvalue weighted by molar-refractivity contribution is -0.137. The summed E-state index contributed by atoms with van der Waals surface area (Å²) in [6.07, 6.45) is -5.38. The van der Waals surface area contributed by atoms with E-state index in [1.54, 1.807) is 11.0 Å². The zero-order valence-electron chi connectivity index (χ0n) is 14.5. The van der Waals surface area contributed by atoms with Crippen molar-refractivity contribution >= 4 is 11.4 Å². The van der Waals surface area contributed by atoms with E-state index in [1.165, 1.54) is 6.07 Å². The predicted octanol–water partition coefficient (Wildman–Crippen LogP) is 3.34. The van der Waals surface area contributed by atoms with Crippen molar-refractivity contribution in [2.75, 3.05) is 18.1 Å². The number of hydrogen-bond donors (Lipinski definition) is 2. The Bertz CT molecular complexity index is 872. The van der Waals surface area contributed by atoms with E-state index in [-0.39, 0.29) is 19.0 Å². The highest BCUT2D eigenvalue weighted by molar-refractivity contribution is 5.79. The van der Waals surface area contributed by atoms with E-state index in [9.17, 15) is 18.3 Å². The third-order valence-electron chi connectivity index (χ3n) is 4.90. The zero-order chi connectivity index (χ0) is 19.3. The van der Waals surface area contributed by atoms with Crippen molar-refractivity contribution in [3.63, 3.8) is 0 Å². The summed E-state index contributed by atoms with van der Waals surface area (Å²) in [5.74, 6) is 0.502. The van der Waals surface area contributed by atoms with Gasteiger partial charge in [-0.1, -0.05) is 6.07 Å². The molecule has 0 aromatic heterocycles. The molecule has 0 amide bonds. The number of ether oxygens (including phenoxy) is 2. The van der Waals surface area contributed by atoms with Gasteiger partial charge in [-0.15, -0.1) is 0 Å². The van der Waals surface area contributed by atoms with Crippen LogP contribution in [-0.2, 0) is 10.9 Å². The molecule has 0 aliphatic carbocycles. The molecule has 144 valence electrons. The van der Waals surface area contributed by atoms with Gasteiger partial charge in [-0.2, -0.15) is 13.2 Å². The van der Waals surface area contributed by atoms with Gasteiger partial charge in [0.05, 0.1) is 48.3 Å². The van der Waals surface area contributed by atoms with Gasteiger partial charge in [0.1, 0.15) is 0 Å². The van der Waals surface area contributed by atoms with Gasteiger partial charge in [-0.25, -0.2) is 0 Å². The van der Waals surface area contributed by atoms with Crippen LogP contribution >= 0.6 is 0 Å². The molecule has 2 aromatic carbocycles.